The van der Waals surface area contributed by atoms with E-state index >= 15 is 0 Å². The van der Waals surface area contributed by atoms with Crippen LogP contribution in [0.2, 0.25) is 0 Å². The molecule has 6 nitrogen and oxygen atoms in total. The highest BCUT2D eigenvalue weighted by Crippen LogP contribution is 2.34. The topological polar surface area (TPSA) is 63.1 Å². The Morgan fingerprint density at radius 3 is 2.50 bits per heavy atom. The summed E-state index contributed by atoms with van der Waals surface area (Å²) in [5, 5.41) is 3.00. The summed E-state index contributed by atoms with van der Waals surface area (Å²) in [5.74, 6) is 0.150. The SMILES string of the molecule is CC(C)C[C@@]1(c2ccccc2)NC(=O)N(C[NH+]2CCOCC2)C1=O. The number of nitrogens with one attached hydrogen (secondary N) is 2. The zero-order chi connectivity index (χ0) is 17.2. The monoisotopic (exact) mass is 332 g/mol. The summed E-state index contributed by atoms with van der Waals surface area (Å²) in [6.45, 7) is 7.53. The molecular formula is C18H26N3O3+. The highest BCUT2D eigenvalue weighted by Gasteiger charge is 2.53. The number of morpholine rings is 1. The Hall–Kier alpha value is -1.92. The van der Waals surface area contributed by atoms with Gasteiger partial charge < -0.3 is 15.0 Å². The lowest BCUT2D eigenvalue weighted by molar-refractivity contribution is -0.915. The molecule has 0 spiro atoms. The highest BCUT2D eigenvalue weighted by atomic mass is 16.5. The summed E-state index contributed by atoms with van der Waals surface area (Å²) in [7, 11) is 0. The molecule has 3 rings (SSSR count). The molecule has 0 aliphatic carbocycles. The number of imide groups is 1. The van der Waals surface area contributed by atoms with Crippen molar-refractivity contribution in [3.05, 3.63) is 35.9 Å². The molecule has 130 valence electrons. The summed E-state index contributed by atoms with van der Waals surface area (Å²) in [5.41, 5.74) is -0.0883. The van der Waals surface area contributed by atoms with Crippen LogP contribution in [0.15, 0.2) is 30.3 Å². The smallest absolute Gasteiger partial charge is 0.329 e. The van der Waals surface area contributed by atoms with Gasteiger partial charge in [-0.15, -0.1) is 0 Å². The van der Waals surface area contributed by atoms with Crippen LogP contribution in [0.4, 0.5) is 4.79 Å². The van der Waals surface area contributed by atoms with Crippen molar-refractivity contribution in [2.45, 2.75) is 25.8 Å². The minimum atomic E-state index is -0.946. The molecule has 24 heavy (non-hydrogen) atoms. The molecule has 2 heterocycles. The van der Waals surface area contributed by atoms with Gasteiger partial charge in [0.15, 0.2) is 6.67 Å². The Balaban J connectivity index is 1.87. The molecule has 3 amide bonds. The molecule has 2 fully saturated rings. The zero-order valence-corrected chi connectivity index (χ0v) is 14.4. The van der Waals surface area contributed by atoms with E-state index in [2.05, 4.69) is 19.2 Å². The van der Waals surface area contributed by atoms with Gasteiger partial charge in [0.25, 0.3) is 5.91 Å². The Morgan fingerprint density at radius 2 is 1.88 bits per heavy atom. The quantitative estimate of drug-likeness (QED) is 0.765. The van der Waals surface area contributed by atoms with E-state index in [1.54, 1.807) is 0 Å². The third-order valence-corrected chi connectivity index (χ3v) is 4.74. The number of hydrogen-bond donors (Lipinski definition) is 2. The first-order valence-corrected chi connectivity index (χ1v) is 8.64. The number of carbonyl (C=O) groups excluding carboxylic acids is 2. The number of ether oxygens (including phenoxy) is 1. The minimum absolute atomic E-state index is 0.133. The van der Waals surface area contributed by atoms with E-state index in [1.165, 1.54) is 9.80 Å². The van der Waals surface area contributed by atoms with Crippen molar-refractivity contribution in [3.8, 4) is 0 Å². The number of nitrogens with zero attached hydrogens (tertiary/aromatic N) is 1. The van der Waals surface area contributed by atoms with Gasteiger partial charge in [-0.25, -0.2) is 9.69 Å². The van der Waals surface area contributed by atoms with Crippen molar-refractivity contribution in [1.29, 1.82) is 0 Å². The van der Waals surface area contributed by atoms with Gasteiger partial charge in [-0.3, -0.25) is 4.79 Å². The Labute approximate surface area is 142 Å². The molecule has 2 aliphatic rings. The van der Waals surface area contributed by atoms with Crippen LogP contribution in [0.3, 0.4) is 0 Å². The lowest BCUT2D eigenvalue weighted by atomic mass is 9.82. The van der Waals surface area contributed by atoms with Gasteiger partial charge in [0, 0.05) is 0 Å². The third-order valence-electron chi connectivity index (χ3n) is 4.74. The molecule has 0 radical (unpaired) electrons. The van der Waals surface area contributed by atoms with Crippen LogP contribution in [-0.4, -0.2) is 49.8 Å². The fourth-order valence-electron chi connectivity index (χ4n) is 3.60. The van der Waals surface area contributed by atoms with Crippen LogP contribution in [0.25, 0.3) is 0 Å². The van der Waals surface area contributed by atoms with Gasteiger partial charge in [0.2, 0.25) is 0 Å². The molecule has 1 aromatic carbocycles. The second-order valence-electron chi connectivity index (χ2n) is 7.05. The maximum absolute atomic E-state index is 13.2. The summed E-state index contributed by atoms with van der Waals surface area (Å²) in [6.07, 6.45) is 0.594. The molecule has 1 atom stereocenters. The van der Waals surface area contributed by atoms with E-state index in [0.717, 1.165) is 18.7 Å². The number of rotatable bonds is 5. The normalized spacial score (nSPS) is 25.4. The lowest BCUT2D eigenvalue weighted by Gasteiger charge is -2.30. The Kier molecular flexibility index (Phi) is 4.87. The number of carbonyl (C=O) groups is 2. The molecule has 0 saturated carbocycles. The van der Waals surface area contributed by atoms with Crippen molar-refractivity contribution >= 4 is 11.9 Å². The van der Waals surface area contributed by atoms with Gasteiger partial charge in [-0.05, 0) is 17.9 Å². The second-order valence-corrected chi connectivity index (χ2v) is 7.05. The first kappa shape index (κ1) is 16.9. The predicted molar refractivity (Wildman–Crippen MR) is 89.3 cm³/mol. The zero-order valence-electron chi connectivity index (χ0n) is 14.4. The minimum Gasteiger partial charge on any atom is -0.370 e. The molecule has 2 aliphatic heterocycles. The number of amides is 3. The number of hydrogen-bond acceptors (Lipinski definition) is 3. The number of quaternary nitrogens is 1. The molecule has 6 heteroatoms. The van der Waals surface area contributed by atoms with Crippen molar-refractivity contribution in [2.75, 3.05) is 33.0 Å². The summed E-state index contributed by atoms with van der Waals surface area (Å²) >= 11 is 0. The van der Waals surface area contributed by atoms with Crippen molar-refractivity contribution < 1.29 is 19.2 Å². The van der Waals surface area contributed by atoms with E-state index in [-0.39, 0.29) is 17.9 Å². The number of benzene rings is 1. The van der Waals surface area contributed by atoms with Crippen LogP contribution in [0.5, 0.6) is 0 Å². The molecule has 1 aromatic rings. The lowest BCUT2D eigenvalue weighted by Crippen LogP contribution is -3.15. The maximum atomic E-state index is 13.2. The van der Waals surface area contributed by atoms with E-state index in [4.69, 9.17) is 4.74 Å². The number of urea groups is 1. The largest absolute Gasteiger partial charge is 0.370 e. The fourth-order valence-corrected chi connectivity index (χ4v) is 3.60. The first-order chi connectivity index (χ1) is 11.5. The van der Waals surface area contributed by atoms with Gasteiger partial charge >= 0.3 is 6.03 Å². The Bertz CT molecular complexity index is 599. The summed E-state index contributed by atoms with van der Waals surface area (Å²) in [4.78, 5) is 28.4. The molecular weight excluding hydrogens is 306 g/mol. The van der Waals surface area contributed by atoms with E-state index in [0.29, 0.717) is 26.3 Å². The van der Waals surface area contributed by atoms with Crippen LogP contribution >= 0.6 is 0 Å². The summed E-state index contributed by atoms with van der Waals surface area (Å²) < 4.78 is 5.36. The Morgan fingerprint density at radius 1 is 1.21 bits per heavy atom. The fraction of sp³-hybridized carbons (Fsp3) is 0.556. The van der Waals surface area contributed by atoms with E-state index in [1.807, 2.05) is 30.3 Å². The standard InChI is InChI=1S/C18H25N3O3/c1-14(2)12-18(15-6-4-3-5-7-15)16(22)21(17(23)19-18)13-20-8-10-24-11-9-20/h3-7,14H,8-13H2,1-2H3,(H,19,23)/p+1/t18-/m0/s1. The van der Waals surface area contributed by atoms with Crippen molar-refractivity contribution in [2.24, 2.45) is 5.92 Å². The van der Waals surface area contributed by atoms with Gasteiger partial charge in [-0.2, -0.15) is 0 Å². The third kappa shape index (κ3) is 3.16. The van der Waals surface area contributed by atoms with E-state index in [9.17, 15) is 9.59 Å². The molecule has 2 saturated heterocycles. The van der Waals surface area contributed by atoms with Crippen LogP contribution in [0, 0.1) is 5.92 Å². The highest BCUT2D eigenvalue weighted by molar-refractivity contribution is 6.07. The van der Waals surface area contributed by atoms with Gasteiger partial charge in [0.05, 0.1) is 13.2 Å². The second kappa shape index (κ2) is 6.91. The molecule has 0 unspecified atom stereocenters. The molecule has 2 N–H and O–H groups in total. The van der Waals surface area contributed by atoms with Gasteiger partial charge in [-0.1, -0.05) is 44.2 Å². The summed E-state index contributed by atoms with van der Waals surface area (Å²) in [6, 6.07) is 9.30. The van der Waals surface area contributed by atoms with Crippen LogP contribution in [0.1, 0.15) is 25.8 Å². The van der Waals surface area contributed by atoms with Crippen LogP contribution in [-0.2, 0) is 15.1 Å². The molecule has 0 aromatic heterocycles. The van der Waals surface area contributed by atoms with Crippen LogP contribution < -0.4 is 10.2 Å². The van der Waals surface area contributed by atoms with Gasteiger partial charge in [0.1, 0.15) is 18.6 Å². The predicted octanol–water partition coefficient (Wildman–Crippen LogP) is 0.352. The van der Waals surface area contributed by atoms with Crippen molar-refractivity contribution in [1.82, 2.24) is 10.2 Å². The first-order valence-electron chi connectivity index (χ1n) is 8.64. The van der Waals surface area contributed by atoms with Crippen molar-refractivity contribution in [3.63, 3.8) is 0 Å². The molecule has 0 bridgehead atoms. The van der Waals surface area contributed by atoms with E-state index < -0.39 is 5.54 Å². The average molecular weight is 332 g/mol. The maximum Gasteiger partial charge on any atom is 0.329 e. The average Bonchev–Trinajstić information content (AvgIpc) is 2.81.